The van der Waals surface area contributed by atoms with E-state index in [1.165, 1.54) is 0 Å². The quantitative estimate of drug-likeness (QED) is 0.438. The molecule has 192 valence electrons. The van der Waals surface area contributed by atoms with Gasteiger partial charge in [-0.2, -0.15) is 21.5 Å². The highest BCUT2D eigenvalue weighted by molar-refractivity contribution is 7.87. The summed E-state index contributed by atoms with van der Waals surface area (Å²) in [5.41, 5.74) is -0.533. The molecule has 8 nitrogen and oxygen atoms in total. The maximum Gasteiger partial charge on any atom is 0.340 e. The molecule has 0 radical (unpaired) electrons. The summed E-state index contributed by atoms with van der Waals surface area (Å²) in [6, 6.07) is 2.89. The molecule has 0 bridgehead atoms. The molecule has 1 saturated heterocycles. The first-order chi connectivity index (χ1) is 16.3. The highest BCUT2D eigenvalue weighted by atomic mass is 35.5. The number of nitrogens with zero attached hydrogens (tertiary/aromatic N) is 2. The summed E-state index contributed by atoms with van der Waals surface area (Å²) >= 11 is 11.9. The summed E-state index contributed by atoms with van der Waals surface area (Å²) in [6.45, 7) is -1.51. The molecule has 2 aromatic rings. The fourth-order valence-electron chi connectivity index (χ4n) is 2.62. The Hall–Kier alpha value is -2.42. The third kappa shape index (κ3) is 6.63. The van der Waals surface area contributed by atoms with Gasteiger partial charge in [0.25, 0.3) is 5.91 Å². The summed E-state index contributed by atoms with van der Waals surface area (Å²) in [6.07, 6.45) is -2.29. The number of alkyl halides is 4. The molecule has 1 aliphatic heterocycles. The van der Waals surface area contributed by atoms with Gasteiger partial charge in [0.2, 0.25) is 5.88 Å². The lowest BCUT2D eigenvalue weighted by atomic mass is 10.1. The van der Waals surface area contributed by atoms with Crippen LogP contribution >= 0.6 is 23.2 Å². The van der Waals surface area contributed by atoms with E-state index >= 15 is 0 Å². The highest BCUT2D eigenvalue weighted by Gasteiger charge is 2.42. The van der Waals surface area contributed by atoms with Gasteiger partial charge >= 0.3 is 22.6 Å². The Morgan fingerprint density at radius 1 is 1.17 bits per heavy atom. The van der Waals surface area contributed by atoms with Crippen molar-refractivity contribution in [1.29, 1.82) is 0 Å². The molecule has 3 rings (SSSR count). The van der Waals surface area contributed by atoms with Gasteiger partial charge in [0.1, 0.15) is 23.2 Å². The third-order valence-electron chi connectivity index (χ3n) is 4.65. The zero-order chi connectivity index (χ0) is 26.0. The monoisotopic (exact) mass is 563 g/mol. The van der Waals surface area contributed by atoms with Crippen LogP contribution in [0.15, 0.2) is 24.4 Å². The van der Waals surface area contributed by atoms with E-state index in [0.29, 0.717) is 6.42 Å². The number of rotatable bonds is 10. The van der Waals surface area contributed by atoms with Crippen LogP contribution in [0, 0.1) is 5.82 Å². The molecule has 0 atom stereocenters. The van der Waals surface area contributed by atoms with Gasteiger partial charge in [-0.25, -0.2) is 22.9 Å². The van der Waals surface area contributed by atoms with Crippen molar-refractivity contribution in [2.75, 3.05) is 19.7 Å². The minimum Gasteiger partial charge on any atom is -0.487 e. The van der Waals surface area contributed by atoms with E-state index in [1.807, 2.05) is 0 Å². The van der Waals surface area contributed by atoms with Crippen LogP contribution in [0.25, 0.3) is 0 Å². The molecule has 0 unspecified atom stereocenters. The molecule has 1 aromatic carbocycles. The molecular formula is C19H16Cl2F5N3O5S. The largest absolute Gasteiger partial charge is 0.487 e. The number of aromatic nitrogens is 1. The van der Waals surface area contributed by atoms with Crippen LogP contribution < -0.4 is 14.2 Å². The Kier molecular flexibility index (Phi) is 8.29. The molecule has 16 heteroatoms. The third-order valence-corrected chi connectivity index (χ3v) is 6.77. The first-order valence-corrected chi connectivity index (χ1v) is 11.9. The maximum atomic E-state index is 14.5. The van der Waals surface area contributed by atoms with Crippen molar-refractivity contribution in [2.45, 2.75) is 25.4 Å². The first kappa shape index (κ1) is 27.2. The van der Waals surface area contributed by atoms with Crippen LogP contribution in [-0.2, 0) is 16.8 Å². The van der Waals surface area contributed by atoms with Gasteiger partial charge in [0.15, 0.2) is 6.61 Å². The van der Waals surface area contributed by atoms with E-state index in [2.05, 4.69) is 9.72 Å². The lowest BCUT2D eigenvalue weighted by molar-refractivity contribution is -0.148. The van der Waals surface area contributed by atoms with Gasteiger partial charge < -0.3 is 9.47 Å². The molecule has 1 aromatic heterocycles. The van der Waals surface area contributed by atoms with E-state index in [0.717, 1.165) is 28.7 Å². The molecule has 1 N–H and O–H groups in total. The van der Waals surface area contributed by atoms with E-state index in [1.54, 1.807) is 4.72 Å². The Bertz CT molecular complexity index is 1220. The molecule has 0 spiro atoms. The molecular weight excluding hydrogens is 548 g/mol. The summed E-state index contributed by atoms with van der Waals surface area (Å²) in [7, 11) is -4.09. The van der Waals surface area contributed by atoms with Crippen LogP contribution in [0.4, 0.5) is 22.0 Å². The van der Waals surface area contributed by atoms with Gasteiger partial charge in [-0.1, -0.05) is 23.2 Å². The fourth-order valence-corrected chi connectivity index (χ4v) is 4.26. The molecule has 1 aliphatic rings. The number of hydrogen-bond donors (Lipinski definition) is 1. The topological polar surface area (TPSA) is 97.8 Å². The normalized spacial score (nSPS) is 14.5. The molecule has 0 saturated carbocycles. The predicted molar refractivity (Wildman–Crippen MR) is 114 cm³/mol. The fraction of sp³-hybridized carbons (Fsp3) is 0.368. The Morgan fingerprint density at radius 2 is 1.86 bits per heavy atom. The summed E-state index contributed by atoms with van der Waals surface area (Å²) in [4.78, 5) is 15.8. The van der Waals surface area contributed by atoms with Gasteiger partial charge in [-0.3, -0.25) is 4.79 Å². The zero-order valence-corrected chi connectivity index (χ0v) is 19.7. The zero-order valence-electron chi connectivity index (χ0n) is 17.4. The van der Waals surface area contributed by atoms with Gasteiger partial charge in [-0.15, -0.1) is 0 Å². The summed E-state index contributed by atoms with van der Waals surface area (Å²) < 4.78 is 102. The van der Waals surface area contributed by atoms with Crippen molar-refractivity contribution in [1.82, 2.24) is 14.0 Å². The van der Waals surface area contributed by atoms with Crippen molar-refractivity contribution in [2.24, 2.45) is 0 Å². The number of nitrogens with one attached hydrogen (secondary N) is 1. The summed E-state index contributed by atoms with van der Waals surface area (Å²) in [5, 5.41) is -0.439. The second kappa shape index (κ2) is 10.7. The first-order valence-electron chi connectivity index (χ1n) is 9.67. The summed E-state index contributed by atoms with van der Waals surface area (Å²) in [5.74, 6) is -7.23. The number of hydrogen-bond acceptors (Lipinski definition) is 6. The van der Waals surface area contributed by atoms with E-state index in [9.17, 15) is 35.2 Å². The highest BCUT2D eigenvalue weighted by Crippen LogP contribution is 2.30. The molecule has 1 fully saturated rings. The lowest BCUT2D eigenvalue weighted by Crippen LogP contribution is -2.49. The van der Waals surface area contributed by atoms with Crippen LogP contribution in [0.3, 0.4) is 0 Å². The lowest BCUT2D eigenvalue weighted by Gasteiger charge is -2.29. The maximum absolute atomic E-state index is 14.5. The van der Waals surface area contributed by atoms with Crippen molar-refractivity contribution in [3.63, 3.8) is 0 Å². The second-order valence-corrected chi connectivity index (χ2v) is 9.69. The van der Waals surface area contributed by atoms with Crippen molar-refractivity contribution in [3.05, 3.63) is 51.4 Å². The number of ether oxygens (including phenoxy) is 2. The van der Waals surface area contributed by atoms with E-state index in [4.69, 9.17) is 27.9 Å². The minimum atomic E-state index is -4.40. The number of halogens is 7. The number of benzene rings is 1. The van der Waals surface area contributed by atoms with E-state index in [-0.39, 0.29) is 41.1 Å². The predicted octanol–water partition coefficient (Wildman–Crippen LogP) is 4.07. The smallest absolute Gasteiger partial charge is 0.340 e. The van der Waals surface area contributed by atoms with Crippen LogP contribution in [-0.4, -0.2) is 55.7 Å². The molecule has 35 heavy (non-hydrogen) atoms. The minimum absolute atomic E-state index is 0.0260. The van der Waals surface area contributed by atoms with E-state index < -0.39 is 52.3 Å². The van der Waals surface area contributed by atoms with Gasteiger partial charge in [0.05, 0.1) is 11.8 Å². The molecule has 2 heterocycles. The van der Waals surface area contributed by atoms with Gasteiger partial charge in [-0.05, 0) is 18.6 Å². The average molecular weight is 564 g/mol. The number of carbonyl (C=O) groups excluding carboxylic acids is 1. The average Bonchev–Trinajstić information content (AvgIpc) is 2.71. The van der Waals surface area contributed by atoms with Crippen molar-refractivity contribution < 1.29 is 44.6 Å². The van der Waals surface area contributed by atoms with Crippen LogP contribution in [0.5, 0.6) is 11.6 Å². The van der Waals surface area contributed by atoms with Crippen molar-refractivity contribution >= 4 is 39.3 Å². The standard InChI is InChI=1S/C19H16Cl2F5N3O5S/c20-13-6-12(16(30)28-35(31,32)29-2-1-3-29)15(22)4-10(13)8-33-11-5-14(21)17(27-7-11)34-9-19(25,26)18(23)24/h4-7,18H,1-3,8-9H2,(H,28,30). The van der Waals surface area contributed by atoms with Gasteiger partial charge in [0, 0.05) is 29.7 Å². The van der Waals surface area contributed by atoms with Crippen molar-refractivity contribution in [3.8, 4) is 11.6 Å². The van der Waals surface area contributed by atoms with Crippen LogP contribution in [0.2, 0.25) is 10.0 Å². The van der Waals surface area contributed by atoms with Crippen LogP contribution in [0.1, 0.15) is 22.3 Å². The second-order valence-electron chi connectivity index (χ2n) is 7.21. The Morgan fingerprint density at radius 3 is 2.43 bits per heavy atom. The SMILES string of the molecule is O=C(NS(=O)(=O)N1CCC1)c1cc(Cl)c(COc2cnc(OCC(F)(F)C(F)F)c(Cl)c2)cc1F. The number of carbonyl (C=O) groups is 1. The number of amides is 1. The molecule has 1 amide bonds. The Labute approximate surface area is 206 Å². The Balaban J connectivity index is 1.64. The molecule has 0 aliphatic carbocycles. The number of pyridine rings is 1.